The van der Waals surface area contributed by atoms with E-state index in [2.05, 4.69) is 32.9 Å². The molecule has 0 spiro atoms. The molecule has 3 heteroatoms. The topological polar surface area (TPSA) is 35.2 Å². The summed E-state index contributed by atoms with van der Waals surface area (Å²) in [6.45, 7) is 7.23. The Morgan fingerprint density at radius 2 is 2.06 bits per heavy atom. The molecule has 0 radical (unpaired) electrons. The van der Waals surface area contributed by atoms with Crippen LogP contribution in [0.2, 0.25) is 0 Å². The van der Waals surface area contributed by atoms with Crippen LogP contribution in [0, 0.1) is 6.92 Å². The Kier molecular flexibility index (Phi) is 4.22. The molecule has 1 aliphatic heterocycles. The molecule has 0 saturated carbocycles. The van der Waals surface area contributed by atoms with Crippen LogP contribution in [0.25, 0.3) is 0 Å². The minimum absolute atomic E-state index is 0. The van der Waals surface area contributed by atoms with Crippen molar-refractivity contribution in [3.63, 3.8) is 0 Å². The first kappa shape index (κ1) is 13.3. The lowest BCUT2D eigenvalue weighted by Gasteiger charge is -2.28. The van der Waals surface area contributed by atoms with E-state index in [-0.39, 0.29) is 18.4 Å². The van der Waals surface area contributed by atoms with Crippen LogP contribution in [0.4, 0.5) is 0 Å². The molecule has 1 aliphatic rings. The molecule has 1 aromatic carbocycles. The lowest BCUT2D eigenvalue weighted by Crippen LogP contribution is -2.22. The van der Waals surface area contributed by atoms with E-state index >= 15 is 0 Å². The highest BCUT2D eigenvalue weighted by Crippen LogP contribution is 2.39. The maximum Gasteiger partial charge on any atom is 0.127 e. The molecule has 2 rings (SSSR count). The van der Waals surface area contributed by atoms with E-state index in [0.29, 0.717) is 5.92 Å². The average Bonchev–Trinajstić information content (AvgIpc) is 2.17. The first-order valence-corrected chi connectivity index (χ1v) is 5.63. The van der Waals surface area contributed by atoms with Gasteiger partial charge in [-0.3, -0.25) is 0 Å². The summed E-state index contributed by atoms with van der Waals surface area (Å²) >= 11 is 0. The Morgan fingerprint density at radius 1 is 1.38 bits per heavy atom. The molecule has 0 fully saturated rings. The molecule has 0 bridgehead atoms. The van der Waals surface area contributed by atoms with E-state index < -0.39 is 0 Å². The zero-order chi connectivity index (χ0) is 11.0. The summed E-state index contributed by atoms with van der Waals surface area (Å²) < 4.78 is 5.79. The standard InChI is InChI=1S/C13H19NO.ClH/c1-8(2)10-5-4-9(3)12-11(14)6-7-15-13(10)12;/h4-5,8,11H,6-7,14H2,1-3H3;1H/t11-;/m0./s1. The molecule has 1 aromatic rings. The monoisotopic (exact) mass is 241 g/mol. The summed E-state index contributed by atoms with van der Waals surface area (Å²) in [5.74, 6) is 1.54. The number of nitrogens with two attached hydrogens (primary N) is 1. The van der Waals surface area contributed by atoms with Crippen LogP contribution in [-0.4, -0.2) is 6.61 Å². The van der Waals surface area contributed by atoms with Gasteiger partial charge in [-0.15, -0.1) is 12.4 Å². The second kappa shape index (κ2) is 5.07. The van der Waals surface area contributed by atoms with Crippen molar-refractivity contribution in [3.05, 3.63) is 28.8 Å². The fraction of sp³-hybridized carbons (Fsp3) is 0.538. The van der Waals surface area contributed by atoms with Crippen LogP contribution in [0.3, 0.4) is 0 Å². The molecular weight excluding hydrogens is 222 g/mol. The molecule has 16 heavy (non-hydrogen) atoms. The van der Waals surface area contributed by atoms with Crippen molar-refractivity contribution in [2.45, 2.75) is 39.2 Å². The van der Waals surface area contributed by atoms with E-state index in [0.717, 1.165) is 18.8 Å². The van der Waals surface area contributed by atoms with E-state index in [1.165, 1.54) is 16.7 Å². The second-order valence-electron chi connectivity index (χ2n) is 4.61. The smallest absolute Gasteiger partial charge is 0.127 e. The van der Waals surface area contributed by atoms with Crippen molar-refractivity contribution in [1.29, 1.82) is 0 Å². The third-order valence-corrected chi connectivity index (χ3v) is 3.11. The summed E-state index contributed by atoms with van der Waals surface area (Å²) in [7, 11) is 0. The Bertz CT molecular complexity index is 376. The Hall–Kier alpha value is -0.730. The molecule has 0 saturated heterocycles. The largest absolute Gasteiger partial charge is 0.493 e. The van der Waals surface area contributed by atoms with Crippen molar-refractivity contribution in [3.8, 4) is 5.75 Å². The maximum atomic E-state index is 6.14. The van der Waals surface area contributed by atoms with E-state index in [4.69, 9.17) is 10.5 Å². The number of hydrogen-bond donors (Lipinski definition) is 1. The average molecular weight is 242 g/mol. The lowest BCUT2D eigenvalue weighted by atomic mass is 9.90. The highest BCUT2D eigenvalue weighted by atomic mass is 35.5. The van der Waals surface area contributed by atoms with Crippen molar-refractivity contribution >= 4 is 12.4 Å². The van der Waals surface area contributed by atoms with Crippen LogP contribution in [0.1, 0.15) is 48.9 Å². The van der Waals surface area contributed by atoms with Gasteiger partial charge in [-0.1, -0.05) is 26.0 Å². The van der Waals surface area contributed by atoms with E-state index in [1.807, 2.05) is 0 Å². The molecule has 2 nitrogen and oxygen atoms in total. The highest BCUT2D eigenvalue weighted by Gasteiger charge is 2.23. The predicted molar refractivity (Wildman–Crippen MR) is 69.6 cm³/mol. The molecule has 1 atom stereocenters. The lowest BCUT2D eigenvalue weighted by molar-refractivity contribution is 0.264. The molecule has 0 amide bonds. The number of rotatable bonds is 1. The number of hydrogen-bond acceptors (Lipinski definition) is 2. The van der Waals surface area contributed by atoms with Crippen LogP contribution < -0.4 is 10.5 Å². The molecular formula is C13H20ClNO. The summed E-state index contributed by atoms with van der Waals surface area (Å²) in [5, 5.41) is 0. The van der Waals surface area contributed by atoms with Crippen LogP contribution >= 0.6 is 12.4 Å². The van der Waals surface area contributed by atoms with Gasteiger partial charge in [0.05, 0.1) is 6.61 Å². The fourth-order valence-electron chi connectivity index (χ4n) is 2.22. The first-order valence-electron chi connectivity index (χ1n) is 5.63. The third kappa shape index (κ3) is 2.18. The van der Waals surface area contributed by atoms with Crippen LogP contribution in [0.5, 0.6) is 5.75 Å². The number of fused-ring (bicyclic) bond motifs is 1. The van der Waals surface area contributed by atoms with Crippen molar-refractivity contribution < 1.29 is 4.74 Å². The number of benzene rings is 1. The number of ether oxygens (including phenoxy) is 1. The Labute approximate surface area is 104 Å². The zero-order valence-corrected chi connectivity index (χ0v) is 10.9. The number of aryl methyl sites for hydroxylation is 1. The second-order valence-corrected chi connectivity index (χ2v) is 4.61. The normalized spacial score (nSPS) is 18.7. The molecule has 1 heterocycles. The van der Waals surface area contributed by atoms with Gasteiger partial charge < -0.3 is 10.5 Å². The predicted octanol–water partition coefficient (Wildman–Crippen LogP) is 3.32. The maximum absolute atomic E-state index is 6.14. The van der Waals surface area contributed by atoms with Crippen molar-refractivity contribution in [2.24, 2.45) is 5.73 Å². The molecule has 2 N–H and O–H groups in total. The summed E-state index contributed by atoms with van der Waals surface area (Å²) in [6, 6.07) is 4.46. The zero-order valence-electron chi connectivity index (χ0n) is 10.1. The van der Waals surface area contributed by atoms with Gasteiger partial charge in [-0.05, 0) is 24.0 Å². The van der Waals surface area contributed by atoms with Crippen molar-refractivity contribution in [2.75, 3.05) is 6.61 Å². The van der Waals surface area contributed by atoms with E-state index in [1.54, 1.807) is 0 Å². The van der Waals surface area contributed by atoms with Gasteiger partial charge in [-0.2, -0.15) is 0 Å². The van der Waals surface area contributed by atoms with E-state index in [9.17, 15) is 0 Å². The quantitative estimate of drug-likeness (QED) is 0.819. The summed E-state index contributed by atoms with van der Waals surface area (Å²) in [6.07, 6.45) is 0.926. The van der Waals surface area contributed by atoms with Gasteiger partial charge in [0, 0.05) is 18.0 Å². The molecule has 0 unspecified atom stereocenters. The molecule has 0 aliphatic carbocycles. The van der Waals surface area contributed by atoms with Gasteiger partial charge in [0.15, 0.2) is 0 Å². The van der Waals surface area contributed by atoms with Gasteiger partial charge >= 0.3 is 0 Å². The Balaban J connectivity index is 0.00000128. The molecule has 0 aromatic heterocycles. The van der Waals surface area contributed by atoms with Crippen molar-refractivity contribution in [1.82, 2.24) is 0 Å². The minimum Gasteiger partial charge on any atom is -0.493 e. The van der Waals surface area contributed by atoms with Crippen LogP contribution in [-0.2, 0) is 0 Å². The minimum atomic E-state index is 0. The third-order valence-electron chi connectivity index (χ3n) is 3.11. The number of halogens is 1. The fourth-order valence-corrected chi connectivity index (χ4v) is 2.22. The summed E-state index contributed by atoms with van der Waals surface area (Å²) in [5.41, 5.74) is 9.89. The van der Waals surface area contributed by atoms with Gasteiger partial charge in [0.25, 0.3) is 0 Å². The molecule has 90 valence electrons. The first-order chi connectivity index (χ1) is 7.11. The highest BCUT2D eigenvalue weighted by molar-refractivity contribution is 5.85. The SMILES string of the molecule is Cc1ccc(C(C)C)c2c1[C@@H](N)CCO2.Cl. The summed E-state index contributed by atoms with van der Waals surface area (Å²) in [4.78, 5) is 0. The van der Waals surface area contributed by atoms with Gasteiger partial charge in [0.1, 0.15) is 5.75 Å². The van der Waals surface area contributed by atoms with Crippen LogP contribution in [0.15, 0.2) is 12.1 Å². The van der Waals surface area contributed by atoms with Gasteiger partial charge in [-0.25, -0.2) is 0 Å². The van der Waals surface area contributed by atoms with Gasteiger partial charge in [0.2, 0.25) is 0 Å². The Morgan fingerprint density at radius 3 is 2.69 bits per heavy atom.